The summed E-state index contributed by atoms with van der Waals surface area (Å²) in [6, 6.07) is 7.81. The molecule has 0 radical (unpaired) electrons. The van der Waals surface area contributed by atoms with E-state index in [1.807, 2.05) is 6.07 Å². The van der Waals surface area contributed by atoms with Crippen molar-refractivity contribution in [2.45, 2.75) is 6.61 Å². The summed E-state index contributed by atoms with van der Waals surface area (Å²) in [6.45, 7) is 0.229. The zero-order valence-corrected chi connectivity index (χ0v) is 11.2. The van der Waals surface area contributed by atoms with E-state index in [1.54, 1.807) is 12.1 Å². The summed E-state index contributed by atoms with van der Waals surface area (Å²) >= 11 is 7.17. The van der Waals surface area contributed by atoms with Crippen LogP contribution in [0.1, 0.15) is 10.4 Å². The van der Waals surface area contributed by atoms with E-state index in [-0.39, 0.29) is 23.8 Å². The third-order valence-electron chi connectivity index (χ3n) is 2.34. The second-order valence-electron chi connectivity index (χ2n) is 3.59. The molecule has 1 heterocycles. The summed E-state index contributed by atoms with van der Waals surface area (Å²) < 4.78 is 19.8. The maximum atomic E-state index is 13.6. The fraction of sp³-hybridized carbons (Fsp3) is 0.0833. The van der Waals surface area contributed by atoms with Crippen LogP contribution in [-0.2, 0) is 6.61 Å². The van der Waals surface area contributed by atoms with Gasteiger partial charge in [-0.2, -0.15) is 0 Å². The van der Waals surface area contributed by atoms with Gasteiger partial charge in [0.25, 0.3) is 0 Å². The van der Waals surface area contributed by atoms with Gasteiger partial charge in [0, 0.05) is 4.88 Å². The lowest BCUT2D eigenvalue weighted by molar-refractivity contribution is 0.304. The number of nitrogens with two attached hydrogens (primary N) is 1. The molecule has 0 amide bonds. The first-order valence-electron chi connectivity index (χ1n) is 5.25. The summed E-state index contributed by atoms with van der Waals surface area (Å²) in [4.78, 5) is 0.889. The zero-order chi connectivity index (χ0) is 13.8. The van der Waals surface area contributed by atoms with Crippen LogP contribution in [0.4, 0.5) is 4.39 Å². The fourth-order valence-electron chi connectivity index (χ4n) is 1.50. The smallest absolute Gasteiger partial charge is 0.176 e. The Morgan fingerprint density at radius 2 is 2.21 bits per heavy atom. The molecule has 0 aliphatic carbocycles. The first kappa shape index (κ1) is 13.6. The van der Waals surface area contributed by atoms with Gasteiger partial charge in [0.15, 0.2) is 5.84 Å². The van der Waals surface area contributed by atoms with Crippen molar-refractivity contribution in [3.8, 4) is 5.75 Å². The van der Waals surface area contributed by atoms with Crippen LogP contribution < -0.4 is 10.5 Å². The summed E-state index contributed by atoms with van der Waals surface area (Å²) in [5, 5.41) is 11.4. The number of hydrogen-bond acceptors (Lipinski definition) is 4. The first-order valence-corrected chi connectivity index (χ1v) is 6.44. The number of amidine groups is 1. The molecular weight excluding hydrogens is 291 g/mol. The van der Waals surface area contributed by atoms with Crippen molar-refractivity contribution < 1.29 is 14.3 Å². The van der Waals surface area contributed by atoms with Gasteiger partial charge < -0.3 is 15.7 Å². The number of halogens is 2. The predicted octanol–water partition coefficient (Wildman–Crippen LogP) is 3.21. The average Bonchev–Trinajstić information content (AvgIpc) is 2.81. The van der Waals surface area contributed by atoms with Crippen molar-refractivity contribution in [1.29, 1.82) is 0 Å². The molecule has 0 aliphatic heterocycles. The molecule has 3 N–H and O–H groups in total. The molecule has 0 bridgehead atoms. The van der Waals surface area contributed by atoms with Crippen LogP contribution >= 0.6 is 22.9 Å². The SMILES string of the molecule is N/C(=N\O)c1c(F)cccc1OCc1ccc(Cl)s1. The third-order valence-corrected chi connectivity index (χ3v) is 3.54. The van der Waals surface area contributed by atoms with Gasteiger partial charge in [-0.25, -0.2) is 4.39 Å². The van der Waals surface area contributed by atoms with Crippen LogP contribution in [0, 0.1) is 5.82 Å². The minimum Gasteiger partial charge on any atom is -0.487 e. The van der Waals surface area contributed by atoms with Crippen LogP contribution in [0.2, 0.25) is 4.34 Å². The number of oxime groups is 1. The molecular formula is C12H10ClFN2O2S. The fourth-order valence-corrected chi connectivity index (χ4v) is 2.50. The standard InChI is InChI=1S/C12H10ClFN2O2S/c13-10-5-4-7(19-10)6-18-9-3-1-2-8(14)11(9)12(15)16-17/h1-5,17H,6H2,(H2,15,16). The third kappa shape index (κ3) is 3.15. The first-order chi connectivity index (χ1) is 9.11. The van der Waals surface area contributed by atoms with Crippen LogP contribution in [0.25, 0.3) is 0 Å². The van der Waals surface area contributed by atoms with E-state index in [0.717, 1.165) is 4.88 Å². The number of thiophene rings is 1. The molecule has 0 spiro atoms. The Morgan fingerprint density at radius 3 is 2.84 bits per heavy atom. The van der Waals surface area contributed by atoms with E-state index in [0.29, 0.717) is 4.34 Å². The molecule has 1 aromatic carbocycles. The topological polar surface area (TPSA) is 67.8 Å². The molecule has 19 heavy (non-hydrogen) atoms. The molecule has 0 fully saturated rings. The monoisotopic (exact) mass is 300 g/mol. The highest BCUT2D eigenvalue weighted by Gasteiger charge is 2.14. The van der Waals surface area contributed by atoms with Gasteiger partial charge in [-0.3, -0.25) is 0 Å². The van der Waals surface area contributed by atoms with Crippen LogP contribution in [0.3, 0.4) is 0 Å². The van der Waals surface area contributed by atoms with Crippen molar-refractivity contribution in [2.75, 3.05) is 0 Å². The lowest BCUT2D eigenvalue weighted by Crippen LogP contribution is -2.16. The number of rotatable bonds is 4. The van der Waals surface area contributed by atoms with E-state index in [4.69, 9.17) is 27.3 Å². The van der Waals surface area contributed by atoms with E-state index in [1.165, 1.54) is 23.5 Å². The number of nitrogens with zero attached hydrogens (tertiary/aromatic N) is 1. The number of benzene rings is 1. The minimum absolute atomic E-state index is 0.0624. The van der Waals surface area contributed by atoms with Crippen molar-refractivity contribution in [1.82, 2.24) is 0 Å². The zero-order valence-electron chi connectivity index (χ0n) is 9.64. The van der Waals surface area contributed by atoms with Gasteiger partial charge >= 0.3 is 0 Å². The Bertz CT molecular complexity index is 616. The van der Waals surface area contributed by atoms with Gasteiger partial charge in [-0.1, -0.05) is 22.8 Å². The number of hydrogen-bond donors (Lipinski definition) is 2. The highest BCUT2D eigenvalue weighted by Crippen LogP contribution is 2.25. The Kier molecular flexibility index (Phi) is 4.24. The second-order valence-corrected chi connectivity index (χ2v) is 5.39. The highest BCUT2D eigenvalue weighted by molar-refractivity contribution is 7.16. The van der Waals surface area contributed by atoms with E-state index in [9.17, 15) is 4.39 Å². The minimum atomic E-state index is -0.614. The number of ether oxygens (including phenoxy) is 1. The molecule has 0 saturated heterocycles. The predicted molar refractivity (Wildman–Crippen MR) is 72.6 cm³/mol. The molecule has 2 rings (SSSR count). The molecule has 0 saturated carbocycles. The van der Waals surface area contributed by atoms with E-state index >= 15 is 0 Å². The molecule has 4 nitrogen and oxygen atoms in total. The van der Waals surface area contributed by atoms with E-state index in [2.05, 4.69) is 5.16 Å². The summed E-state index contributed by atoms with van der Waals surface area (Å²) in [7, 11) is 0. The van der Waals surface area contributed by atoms with Gasteiger partial charge in [0.2, 0.25) is 0 Å². The van der Waals surface area contributed by atoms with Crippen molar-refractivity contribution >= 4 is 28.8 Å². The lowest BCUT2D eigenvalue weighted by atomic mass is 10.1. The summed E-state index contributed by atoms with van der Waals surface area (Å²) in [6.07, 6.45) is 0. The molecule has 2 aromatic rings. The Morgan fingerprint density at radius 1 is 1.42 bits per heavy atom. The van der Waals surface area contributed by atoms with Gasteiger partial charge in [-0.05, 0) is 24.3 Å². The Labute approximate surface area is 117 Å². The van der Waals surface area contributed by atoms with Gasteiger partial charge in [0.1, 0.15) is 18.2 Å². The summed E-state index contributed by atoms with van der Waals surface area (Å²) in [5.41, 5.74) is 5.37. The van der Waals surface area contributed by atoms with Crippen LogP contribution in [0.15, 0.2) is 35.5 Å². The van der Waals surface area contributed by atoms with Crippen LogP contribution in [0.5, 0.6) is 5.75 Å². The van der Waals surface area contributed by atoms with E-state index < -0.39 is 5.82 Å². The Balaban J connectivity index is 2.23. The quantitative estimate of drug-likeness (QED) is 0.394. The van der Waals surface area contributed by atoms with Gasteiger partial charge in [0.05, 0.1) is 9.90 Å². The lowest BCUT2D eigenvalue weighted by Gasteiger charge is -2.10. The largest absolute Gasteiger partial charge is 0.487 e. The Hall–Kier alpha value is -1.79. The molecule has 0 aliphatic rings. The molecule has 7 heteroatoms. The van der Waals surface area contributed by atoms with Crippen molar-refractivity contribution in [3.63, 3.8) is 0 Å². The van der Waals surface area contributed by atoms with Crippen LogP contribution in [-0.4, -0.2) is 11.0 Å². The molecule has 0 unspecified atom stereocenters. The average molecular weight is 301 g/mol. The summed E-state index contributed by atoms with van der Waals surface area (Å²) in [5.74, 6) is -0.742. The van der Waals surface area contributed by atoms with Crippen molar-refractivity contribution in [2.24, 2.45) is 10.9 Å². The highest BCUT2D eigenvalue weighted by atomic mass is 35.5. The maximum Gasteiger partial charge on any atom is 0.176 e. The molecule has 100 valence electrons. The van der Waals surface area contributed by atoms with Gasteiger partial charge in [-0.15, -0.1) is 11.3 Å². The second kappa shape index (κ2) is 5.90. The molecule has 1 aromatic heterocycles. The van der Waals surface area contributed by atoms with Crippen molar-refractivity contribution in [3.05, 3.63) is 50.9 Å². The molecule has 0 atom stereocenters. The maximum absolute atomic E-state index is 13.6. The normalized spacial score (nSPS) is 11.6.